The fourth-order valence-electron chi connectivity index (χ4n) is 3.06. The van der Waals surface area contributed by atoms with Gasteiger partial charge in [0.1, 0.15) is 22.9 Å². The zero-order valence-corrected chi connectivity index (χ0v) is 15.8. The SMILES string of the molecule is CCCCOC(=O)c1c(F)cc(OC2CCC(C(=O)OCC)CC2)cc1F. The van der Waals surface area contributed by atoms with Gasteiger partial charge < -0.3 is 14.2 Å². The molecule has 1 aromatic rings. The zero-order chi connectivity index (χ0) is 19.8. The summed E-state index contributed by atoms with van der Waals surface area (Å²) in [5.74, 6) is -3.37. The van der Waals surface area contributed by atoms with Gasteiger partial charge in [0.15, 0.2) is 0 Å². The molecule has 0 amide bonds. The summed E-state index contributed by atoms with van der Waals surface area (Å²) in [5.41, 5.74) is -0.704. The third-order valence-electron chi connectivity index (χ3n) is 4.55. The summed E-state index contributed by atoms with van der Waals surface area (Å²) in [6, 6.07) is 1.99. The van der Waals surface area contributed by atoms with Crippen LogP contribution in [0, 0.1) is 17.6 Å². The van der Waals surface area contributed by atoms with Gasteiger partial charge >= 0.3 is 11.9 Å². The van der Waals surface area contributed by atoms with E-state index in [0.717, 1.165) is 18.6 Å². The van der Waals surface area contributed by atoms with Crippen LogP contribution < -0.4 is 4.74 Å². The summed E-state index contributed by atoms with van der Waals surface area (Å²) in [6.45, 7) is 4.15. The molecular weight excluding hydrogens is 358 g/mol. The van der Waals surface area contributed by atoms with Crippen LogP contribution >= 0.6 is 0 Å². The molecule has 1 aliphatic rings. The van der Waals surface area contributed by atoms with Gasteiger partial charge in [0.25, 0.3) is 0 Å². The molecule has 27 heavy (non-hydrogen) atoms. The number of carbonyl (C=O) groups is 2. The highest BCUT2D eigenvalue weighted by Crippen LogP contribution is 2.30. The van der Waals surface area contributed by atoms with Crippen molar-refractivity contribution in [1.82, 2.24) is 0 Å². The van der Waals surface area contributed by atoms with Crippen molar-refractivity contribution in [3.63, 3.8) is 0 Å². The maximum absolute atomic E-state index is 14.2. The van der Waals surface area contributed by atoms with Gasteiger partial charge in [0.05, 0.1) is 25.2 Å². The molecule has 1 saturated carbocycles. The van der Waals surface area contributed by atoms with E-state index in [1.54, 1.807) is 6.92 Å². The molecule has 0 bridgehead atoms. The minimum Gasteiger partial charge on any atom is -0.490 e. The van der Waals surface area contributed by atoms with Crippen LogP contribution in [-0.4, -0.2) is 31.3 Å². The number of hydrogen-bond acceptors (Lipinski definition) is 5. The minimum absolute atomic E-state index is 0.0229. The highest BCUT2D eigenvalue weighted by molar-refractivity contribution is 5.90. The van der Waals surface area contributed by atoms with Gasteiger partial charge in [0, 0.05) is 12.1 Å². The van der Waals surface area contributed by atoms with Crippen LogP contribution in [0.15, 0.2) is 12.1 Å². The topological polar surface area (TPSA) is 61.8 Å². The molecule has 0 atom stereocenters. The molecule has 0 radical (unpaired) electrons. The molecular formula is C20H26F2O5. The fraction of sp³-hybridized carbons (Fsp3) is 0.600. The van der Waals surface area contributed by atoms with Gasteiger partial charge in [-0.25, -0.2) is 13.6 Å². The molecule has 7 heteroatoms. The third-order valence-corrected chi connectivity index (χ3v) is 4.55. The second kappa shape index (κ2) is 10.2. The largest absolute Gasteiger partial charge is 0.490 e. The van der Waals surface area contributed by atoms with E-state index in [-0.39, 0.29) is 30.3 Å². The molecule has 1 aliphatic carbocycles. The smallest absolute Gasteiger partial charge is 0.344 e. The molecule has 0 aliphatic heterocycles. The first kappa shape index (κ1) is 21.1. The molecule has 0 unspecified atom stereocenters. The zero-order valence-electron chi connectivity index (χ0n) is 15.8. The fourth-order valence-corrected chi connectivity index (χ4v) is 3.06. The quantitative estimate of drug-likeness (QED) is 0.490. The van der Waals surface area contributed by atoms with E-state index in [9.17, 15) is 18.4 Å². The van der Waals surface area contributed by atoms with Crippen molar-refractivity contribution in [3.8, 4) is 5.75 Å². The highest BCUT2D eigenvalue weighted by Gasteiger charge is 2.29. The van der Waals surface area contributed by atoms with E-state index in [2.05, 4.69) is 0 Å². The van der Waals surface area contributed by atoms with Gasteiger partial charge in [-0.2, -0.15) is 0 Å². The van der Waals surface area contributed by atoms with Crippen LogP contribution in [0.25, 0.3) is 0 Å². The predicted molar refractivity (Wildman–Crippen MR) is 94.6 cm³/mol. The first-order valence-corrected chi connectivity index (χ1v) is 9.45. The van der Waals surface area contributed by atoms with Crippen LogP contribution in [0.5, 0.6) is 5.75 Å². The Morgan fingerprint density at radius 1 is 1.04 bits per heavy atom. The number of benzene rings is 1. The Kier molecular flexibility index (Phi) is 8.00. The van der Waals surface area contributed by atoms with Gasteiger partial charge in [-0.15, -0.1) is 0 Å². The summed E-state index contributed by atoms with van der Waals surface area (Å²) < 4.78 is 43.9. The Morgan fingerprint density at radius 3 is 2.22 bits per heavy atom. The van der Waals surface area contributed by atoms with Crippen molar-refractivity contribution in [2.45, 2.75) is 58.5 Å². The Bertz CT molecular complexity index is 631. The Morgan fingerprint density at radius 2 is 1.67 bits per heavy atom. The van der Waals surface area contributed by atoms with Crippen LogP contribution in [0.2, 0.25) is 0 Å². The van der Waals surface area contributed by atoms with Gasteiger partial charge in [-0.1, -0.05) is 13.3 Å². The molecule has 0 N–H and O–H groups in total. The van der Waals surface area contributed by atoms with E-state index >= 15 is 0 Å². The normalized spacial score (nSPS) is 19.4. The number of halogens is 2. The second-order valence-corrected chi connectivity index (χ2v) is 6.59. The Balaban J connectivity index is 1.95. The first-order chi connectivity index (χ1) is 13.0. The van der Waals surface area contributed by atoms with Crippen LogP contribution in [-0.2, 0) is 14.3 Å². The summed E-state index contributed by atoms with van der Waals surface area (Å²) in [5, 5.41) is 0. The summed E-state index contributed by atoms with van der Waals surface area (Å²) in [4.78, 5) is 23.6. The number of rotatable bonds is 8. The van der Waals surface area contributed by atoms with Crippen molar-refractivity contribution >= 4 is 11.9 Å². The molecule has 1 aromatic carbocycles. The third kappa shape index (κ3) is 5.91. The number of esters is 2. The molecule has 0 aromatic heterocycles. The summed E-state index contributed by atoms with van der Waals surface area (Å²) in [6.07, 6.45) is 3.60. The first-order valence-electron chi connectivity index (χ1n) is 9.45. The van der Waals surface area contributed by atoms with Crippen molar-refractivity contribution < 1.29 is 32.6 Å². The highest BCUT2D eigenvalue weighted by atomic mass is 19.1. The van der Waals surface area contributed by atoms with Crippen molar-refractivity contribution in [2.75, 3.05) is 13.2 Å². The van der Waals surface area contributed by atoms with Crippen LogP contribution in [0.3, 0.4) is 0 Å². The lowest BCUT2D eigenvalue weighted by molar-refractivity contribution is -0.149. The number of hydrogen-bond donors (Lipinski definition) is 0. The van der Waals surface area contributed by atoms with Crippen molar-refractivity contribution in [1.29, 1.82) is 0 Å². The van der Waals surface area contributed by atoms with Gasteiger partial charge in [-0.3, -0.25) is 4.79 Å². The number of unbranched alkanes of at least 4 members (excludes halogenated alkanes) is 1. The molecule has 0 heterocycles. The summed E-state index contributed by atoms with van der Waals surface area (Å²) >= 11 is 0. The molecule has 0 spiro atoms. The Hall–Kier alpha value is -2.18. The number of ether oxygens (including phenoxy) is 3. The maximum Gasteiger partial charge on any atom is 0.344 e. The predicted octanol–water partition coefficient (Wildman–Crippen LogP) is 4.42. The average molecular weight is 384 g/mol. The molecule has 1 fully saturated rings. The lowest BCUT2D eigenvalue weighted by Gasteiger charge is -2.27. The van der Waals surface area contributed by atoms with E-state index < -0.39 is 23.2 Å². The summed E-state index contributed by atoms with van der Waals surface area (Å²) in [7, 11) is 0. The van der Waals surface area contributed by atoms with E-state index in [1.165, 1.54) is 0 Å². The van der Waals surface area contributed by atoms with Crippen molar-refractivity contribution in [3.05, 3.63) is 29.3 Å². The monoisotopic (exact) mass is 384 g/mol. The van der Waals surface area contributed by atoms with E-state index in [1.807, 2.05) is 6.92 Å². The minimum atomic E-state index is -1.01. The lowest BCUT2D eigenvalue weighted by Crippen LogP contribution is -2.29. The van der Waals surface area contributed by atoms with Crippen LogP contribution in [0.1, 0.15) is 62.7 Å². The molecule has 0 saturated heterocycles. The lowest BCUT2D eigenvalue weighted by atomic mass is 9.87. The van der Waals surface area contributed by atoms with Gasteiger partial charge in [-0.05, 0) is 39.0 Å². The van der Waals surface area contributed by atoms with E-state index in [0.29, 0.717) is 38.7 Å². The second-order valence-electron chi connectivity index (χ2n) is 6.59. The maximum atomic E-state index is 14.2. The average Bonchev–Trinajstić information content (AvgIpc) is 2.62. The number of carbonyl (C=O) groups excluding carboxylic acids is 2. The molecule has 5 nitrogen and oxygen atoms in total. The van der Waals surface area contributed by atoms with Crippen molar-refractivity contribution in [2.24, 2.45) is 5.92 Å². The standard InChI is InChI=1S/C20H26F2O5/c1-3-5-10-26-20(24)18-16(21)11-15(12-17(18)22)27-14-8-6-13(7-9-14)19(23)25-4-2/h11-14H,3-10H2,1-2H3. The molecule has 150 valence electrons. The Labute approximate surface area is 158 Å². The van der Waals surface area contributed by atoms with Gasteiger partial charge in [0.2, 0.25) is 0 Å². The molecule has 2 rings (SSSR count). The van der Waals surface area contributed by atoms with E-state index in [4.69, 9.17) is 14.2 Å². The van der Waals surface area contributed by atoms with Crippen LogP contribution in [0.4, 0.5) is 8.78 Å².